The normalized spacial score (nSPS) is 20.3. The number of hydrazone groups is 1. The molecule has 0 amide bonds. The van der Waals surface area contributed by atoms with Crippen LogP contribution in [0.2, 0.25) is 0 Å². The van der Waals surface area contributed by atoms with Crippen molar-refractivity contribution in [1.29, 1.82) is 0 Å². The van der Waals surface area contributed by atoms with Crippen molar-refractivity contribution in [3.8, 4) is 5.75 Å². The van der Waals surface area contributed by atoms with E-state index < -0.39 is 6.29 Å². The summed E-state index contributed by atoms with van der Waals surface area (Å²) in [6, 6.07) is 3.92. The predicted molar refractivity (Wildman–Crippen MR) is 103 cm³/mol. The van der Waals surface area contributed by atoms with Gasteiger partial charge in [-0.15, -0.1) is 0 Å². The maximum Gasteiger partial charge on any atom is 0.154 e. The van der Waals surface area contributed by atoms with Crippen molar-refractivity contribution in [3.05, 3.63) is 47.6 Å². The van der Waals surface area contributed by atoms with Crippen LogP contribution in [0.15, 0.2) is 41.5 Å². The molecule has 0 saturated carbocycles. The van der Waals surface area contributed by atoms with Gasteiger partial charge in [0.15, 0.2) is 6.29 Å². The molecule has 3 N–H and O–H groups in total. The molecule has 140 valence electrons. The summed E-state index contributed by atoms with van der Waals surface area (Å²) in [5.74, 6) is 0.219. The molecule has 1 aliphatic heterocycles. The third-order valence-corrected chi connectivity index (χ3v) is 4.61. The van der Waals surface area contributed by atoms with Crippen LogP contribution in [0.5, 0.6) is 5.75 Å². The molecule has 0 aromatic heterocycles. The number of allylic oxidation sites excluding steroid dienone is 2. The van der Waals surface area contributed by atoms with Gasteiger partial charge in [-0.25, -0.2) is 0 Å². The SMILES string of the molecule is COC(O)CCc1cc(N2N=C3C=CC=CC3N2)c(O)c(C(C)(C)C)c1. The van der Waals surface area contributed by atoms with Crippen LogP contribution in [0, 0.1) is 0 Å². The fourth-order valence-electron chi connectivity index (χ4n) is 3.10. The molecule has 0 spiro atoms. The molecule has 1 aliphatic carbocycles. The van der Waals surface area contributed by atoms with Gasteiger partial charge in [0.05, 0.1) is 11.8 Å². The first-order valence-corrected chi connectivity index (χ1v) is 8.86. The number of hydrogen-bond donors (Lipinski definition) is 3. The van der Waals surface area contributed by atoms with Gasteiger partial charge in [-0.2, -0.15) is 15.6 Å². The number of phenolic OH excluding ortho intramolecular Hbond substituents is 1. The van der Waals surface area contributed by atoms with Crippen molar-refractivity contribution in [2.24, 2.45) is 5.10 Å². The van der Waals surface area contributed by atoms with E-state index in [0.717, 1.165) is 16.8 Å². The number of aliphatic hydroxyl groups excluding tert-OH is 1. The number of rotatable bonds is 5. The van der Waals surface area contributed by atoms with Crippen LogP contribution < -0.4 is 10.5 Å². The number of nitrogens with one attached hydrogen (secondary N) is 1. The fraction of sp³-hybridized carbons (Fsp3) is 0.450. The standard InChI is InChI=1S/C20H27N3O3/c1-20(2,3)14-11-13(9-10-18(24)26-4)12-17(19(14)25)23-21-15-7-5-6-8-16(15)22-23/h5-8,11-12,15,18,21,24-25H,9-10H2,1-4H3. The van der Waals surface area contributed by atoms with Crippen LogP contribution in [0.25, 0.3) is 0 Å². The van der Waals surface area contributed by atoms with Crippen LogP contribution in [0.1, 0.15) is 38.3 Å². The summed E-state index contributed by atoms with van der Waals surface area (Å²) < 4.78 is 4.93. The average molecular weight is 357 g/mol. The number of aromatic hydroxyl groups is 1. The number of hydrogen-bond acceptors (Lipinski definition) is 6. The number of phenols is 1. The first-order chi connectivity index (χ1) is 12.3. The predicted octanol–water partition coefficient (Wildman–Crippen LogP) is 2.76. The minimum atomic E-state index is -0.798. The number of aliphatic hydroxyl groups is 1. The van der Waals surface area contributed by atoms with Crippen molar-refractivity contribution in [1.82, 2.24) is 5.43 Å². The lowest BCUT2D eigenvalue weighted by molar-refractivity contribution is -0.0777. The summed E-state index contributed by atoms with van der Waals surface area (Å²) in [7, 11) is 1.49. The maximum atomic E-state index is 10.9. The van der Waals surface area contributed by atoms with E-state index in [4.69, 9.17) is 4.74 Å². The molecule has 0 radical (unpaired) electrons. The van der Waals surface area contributed by atoms with E-state index in [1.54, 1.807) is 5.12 Å². The lowest BCUT2D eigenvalue weighted by Crippen LogP contribution is -2.37. The van der Waals surface area contributed by atoms with E-state index in [9.17, 15) is 10.2 Å². The van der Waals surface area contributed by atoms with E-state index in [2.05, 4.69) is 31.3 Å². The van der Waals surface area contributed by atoms with E-state index in [-0.39, 0.29) is 17.2 Å². The second-order valence-corrected chi connectivity index (χ2v) is 7.68. The fourth-order valence-corrected chi connectivity index (χ4v) is 3.10. The Morgan fingerprint density at radius 2 is 2.08 bits per heavy atom. The van der Waals surface area contributed by atoms with Crippen LogP contribution >= 0.6 is 0 Å². The van der Waals surface area contributed by atoms with Gasteiger partial charge in [0, 0.05) is 19.1 Å². The Morgan fingerprint density at radius 3 is 2.73 bits per heavy atom. The quantitative estimate of drug-likeness (QED) is 0.707. The number of hydrazine groups is 1. The van der Waals surface area contributed by atoms with Crippen molar-refractivity contribution in [2.45, 2.75) is 51.4 Å². The van der Waals surface area contributed by atoms with E-state index in [0.29, 0.717) is 18.5 Å². The summed E-state index contributed by atoms with van der Waals surface area (Å²) in [6.45, 7) is 6.19. The minimum absolute atomic E-state index is 0.0106. The van der Waals surface area contributed by atoms with E-state index in [1.165, 1.54) is 7.11 Å². The van der Waals surface area contributed by atoms with Gasteiger partial charge < -0.3 is 14.9 Å². The van der Waals surface area contributed by atoms with Gasteiger partial charge in [0.1, 0.15) is 11.4 Å². The zero-order valence-corrected chi connectivity index (χ0v) is 15.7. The average Bonchev–Trinajstić information content (AvgIpc) is 3.03. The van der Waals surface area contributed by atoms with E-state index >= 15 is 0 Å². The topological polar surface area (TPSA) is 77.3 Å². The maximum absolute atomic E-state index is 10.9. The molecule has 1 heterocycles. The first-order valence-electron chi connectivity index (χ1n) is 8.86. The molecule has 1 aromatic carbocycles. The molecule has 2 aliphatic rings. The van der Waals surface area contributed by atoms with Crippen molar-refractivity contribution >= 4 is 11.4 Å². The lowest BCUT2D eigenvalue weighted by atomic mass is 9.84. The Bertz CT molecular complexity index is 762. The zero-order valence-electron chi connectivity index (χ0n) is 15.7. The molecule has 6 nitrogen and oxygen atoms in total. The summed E-state index contributed by atoms with van der Waals surface area (Å²) in [5, 5.41) is 26.8. The van der Waals surface area contributed by atoms with Gasteiger partial charge >= 0.3 is 0 Å². The number of nitrogens with zero attached hydrogens (tertiary/aromatic N) is 2. The molecule has 6 heteroatoms. The number of aryl methyl sites for hydroxylation is 1. The van der Waals surface area contributed by atoms with Crippen LogP contribution in [-0.4, -0.2) is 35.4 Å². The van der Waals surface area contributed by atoms with Crippen LogP contribution in [-0.2, 0) is 16.6 Å². The summed E-state index contributed by atoms with van der Waals surface area (Å²) in [4.78, 5) is 0. The van der Waals surface area contributed by atoms with Gasteiger partial charge in [0.25, 0.3) is 0 Å². The summed E-state index contributed by atoms with van der Waals surface area (Å²) >= 11 is 0. The van der Waals surface area contributed by atoms with Gasteiger partial charge in [-0.3, -0.25) is 0 Å². The van der Waals surface area contributed by atoms with Gasteiger partial charge in [-0.1, -0.05) is 45.1 Å². The number of benzene rings is 1. The largest absolute Gasteiger partial charge is 0.505 e. The Morgan fingerprint density at radius 1 is 1.31 bits per heavy atom. The number of fused-ring (bicyclic) bond motifs is 1. The third-order valence-electron chi connectivity index (χ3n) is 4.61. The zero-order chi connectivity index (χ0) is 18.9. The highest BCUT2D eigenvalue weighted by molar-refractivity contribution is 6.03. The Hall–Kier alpha value is -2.15. The first kappa shape index (κ1) is 18.6. The van der Waals surface area contributed by atoms with Crippen molar-refractivity contribution < 1.29 is 14.9 Å². The molecule has 1 aromatic rings. The number of ether oxygens (including phenoxy) is 1. The highest BCUT2D eigenvalue weighted by Gasteiger charge is 2.29. The van der Waals surface area contributed by atoms with Crippen molar-refractivity contribution in [3.63, 3.8) is 0 Å². The van der Waals surface area contributed by atoms with Gasteiger partial charge in [-0.05, 0) is 29.5 Å². The second kappa shape index (κ2) is 7.23. The molecule has 0 fully saturated rings. The molecule has 3 rings (SSSR count). The third kappa shape index (κ3) is 3.82. The smallest absolute Gasteiger partial charge is 0.154 e. The van der Waals surface area contributed by atoms with Crippen molar-refractivity contribution in [2.75, 3.05) is 12.2 Å². The van der Waals surface area contributed by atoms with Gasteiger partial charge in [0.2, 0.25) is 0 Å². The van der Waals surface area contributed by atoms with E-state index in [1.807, 2.05) is 36.4 Å². The molecule has 0 bridgehead atoms. The Balaban J connectivity index is 1.97. The Kier molecular flexibility index (Phi) is 5.18. The number of methoxy groups -OCH3 is 1. The minimum Gasteiger partial charge on any atom is -0.505 e. The van der Waals surface area contributed by atoms with Crippen LogP contribution in [0.3, 0.4) is 0 Å². The highest BCUT2D eigenvalue weighted by atomic mass is 16.6. The molecular weight excluding hydrogens is 330 g/mol. The monoisotopic (exact) mass is 357 g/mol. The lowest BCUT2D eigenvalue weighted by Gasteiger charge is -2.26. The molecule has 0 saturated heterocycles. The molecule has 26 heavy (non-hydrogen) atoms. The summed E-state index contributed by atoms with van der Waals surface area (Å²) in [5.41, 5.74) is 6.44. The molecular formula is C20H27N3O3. The molecule has 2 atom stereocenters. The van der Waals surface area contributed by atoms with Crippen LogP contribution in [0.4, 0.5) is 5.69 Å². The summed E-state index contributed by atoms with van der Waals surface area (Å²) in [6.07, 6.45) is 8.23. The highest BCUT2D eigenvalue weighted by Crippen LogP contribution is 2.40. The second-order valence-electron chi connectivity index (χ2n) is 7.68. The molecule has 2 unspecified atom stereocenters. The number of anilines is 1. The Labute approximate surface area is 154 Å².